The van der Waals surface area contributed by atoms with Crippen molar-refractivity contribution >= 4 is 0 Å². The van der Waals surface area contributed by atoms with Gasteiger partial charge in [-0.25, -0.2) is 4.98 Å². The lowest BCUT2D eigenvalue weighted by Crippen LogP contribution is -2.27. The fraction of sp³-hybridized carbons (Fsp3) is 0.562. The molecular weight excluding hydrogens is 252 g/mol. The van der Waals surface area contributed by atoms with Crippen molar-refractivity contribution in [2.24, 2.45) is 5.41 Å². The number of aliphatic hydroxyl groups is 1. The van der Waals surface area contributed by atoms with Crippen LogP contribution in [0.15, 0.2) is 16.7 Å². The molecule has 20 heavy (non-hydrogen) atoms. The molecular formula is C16H22N2O2. The van der Waals surface area contributed by atoms with E-state index in [-0.39, 0.29) is 11.5 Å². The fourth-order valence-corrected chi connectivity index (χ4v) is 3.23. The molecule has 1 N–H and O–H groups in total. The molecule has 2 aromatic rings. The van der Waals surface area contributed by atoms with Crippen LogP contribution in [-0.2, 0) is 13.0 Å². The predicted molar refractivity (Wildman–Crippen MR) is 76.6 cm³/mol. The summed E-state index contributed by atoms with van der Waals surface area (Å²) >= 11 is 0. The van der Waals surface area contributed by atoms with Gasteiger partial charge in [-0.2, -0.15) is 0 Å². The number of nitrogens with zero attached hydrogens (tertiary/aromatic N) is 2. The van der Waals surface area contributed by atoms with E-state index < -0.39 is 0 Å². The summed E-state index contributed by atoms with van der Waals surface area (Å²) in [5.41, 5.74) is 3.58. The van der Waals surface area contributed by atoms with E-state index in [0.29, 0.717) is 6.54 Å². The van der Waals surface area contributed by atoms with Gasteiger partial charge in [0.2, 0.25) is 5.89 Å². The molecule has 0 radical (unpaired) electrons. The van der Waals surface area contributed by atoms with E-state index in [1.165, 1.54) is 5.69 Å². The SMILES string of the molecule is Cc1cnc(Cn2c(C)cc3c2CC(C)(C)CC3O)o1. The second kappa shape index (κ2) is 4.48. The number of hydrogen-bond acceptors (Lipinski definition) is 3. The molecule has 0 bridgehead atoms. The lowest BCUT2D eigenvalue weighted by molar-refractivity contribution is 0.0980. The summed E-state index contributed by atoms with van der Waals surface area (Å²) in [6.45, 7) is 9.04. The first-order chi connectivity index (χ1) is 9.35. The summed E-state index contributed by atoms with van der Waals surface area (Å²) in [5.74, 6) is 1.56. The Morgan fingerprint density at radius 3 is 2.85 bits per heavy atom. The minimum absolute atomic E-state index is 0.126. The smallest absolute Gasteiger partial charge is 0.214 e. The predicted octanol–water partition coefficient (Wildman–Crippen LogP) is 3.15. The Labute approximate surface area is 119 Å². The molecule has 1 aliphatic carbocycles. The highest BCUT2D eigenvalue weighted by atomic mass is 16.4. The monoisotopic (exact) mass is 274 g/mol. The minimum Gasteiger partial charge on any atom is -0.444 e. The van der Waals surface area contributed by atoms with Gasteiger partial charge in [0.05, 0.1) is 18.8 Å². The Hall–Kier alpha value is -1.55. The first kappa shape index (κ1) is 13.4. The molecule has 108 valence electrons. The normalized spacial score (nSPS) is 20.9. The zero-order valence-electron chi connectivity index (χ0n) is 12.6. The van der Waals surface area contributed by atoms with E-state index in [4.69, 9.17) is 4.42 Å². The summed E-state index contributed by atoms with van der Waals surface area (Å²) in [7, 11) is 0. The maximum absolute atomic E-state index is 10.4. The average Bonchev–Trinajstić information content (AvgIpc) is 2.86. The molecule has 0 saturated carbocycles. The van der Waals surface area contributed by atoms with E-state index in [1.807, 2.05) is 6.92 Å². The van der Waals surface area contributed by atoms with Gasteiger partial charge in [-0.1, -0.05) is 13.8 Å². The van der Waals surface area contributed by atoms with Crippen LogP contribution in [0.2, 0.25) is 0 Å². The summed E-state index contributed by atoms with van der Waals surface area (Å²) in [6.07, 6.45) is 3.19. The molecule has 0 aliphatic heterocycles. The number of oxazole rings is 1. The standard InChI is InChI=1S/C16H22N2O2/c1-10-5-12-13(6-16(3,4)7-14(12)19)18(10)9-15-17-8-11(2)20-15/h5,8,14,19H,6-7,9H2,1-4H3. The molecule has 0 fully saturated rings. The first-order valence-electron chi connectivity index (χ1n) is 7.14. The summed E-state index contributed by atoms with van der Waals surface area (Å²) in [5, 5.41) is 10.4. The third-order valence-corrected chi connectivity index (χ3v) is 4.16. The van der Waals surface area contributed by atoms with Crippen LogP contribution in [0.3, 0.4) is 0 Å². The number of aliphatic hydroxyl groups excluding tert-OH is 1. The van der Waals surface area contributed by atoms with Gasteiger partial charge in [0, 0.05) is 17.0 Å². The average molecular weight is 274 g/mol. The van der Waals surface area contributed by atoms with E-state index in [1.54, 1.807) is 6.20 Å². The van der Waals surface area contributed by atoms with E-state index in [0.717, 1.165) is 35.7 Å². The zero-order chi connectivity index (χ0) is 14.5. The molecule has 1 aliphatic rings. The number of fused-ring (bicyclic) bond motifs is 1. The Kier molecular flexibility index (Phi) is 3.01. The van der Waals surface area contributed by atoms with Crippen molar-refractivity contribution in [2.45, 2.75) is 53.2 Å². The highest BCUT2D eigenvalue weighted by molar-refractivity contribution is 5.33. The van der Waals surface area contributed by atoms with Crippen LogP contribution < -0.4 is 0 Å². The molecule has 0 saturated heterocycles. The largest absolute Gasteiger partial charge is 0.444 e. The van der Waals surface area contributed by atoms with Crippen LogP contribution >= 0.6 is 0 Å². The Balaban J connectivity index is 2.00. The molecule has 2 aromatic heterocycles. The van der Waals surface area contributed by atoms with E-state index in [9.17, 15) is 5.11 Å². The van der Waals surface area contributed by atoms with Gasteiger partial charge in [-0.05, 0) is 38.2 Å². The van der Waals surface area contributed by atoms with Crippen LogP contribution in [0.25, 0.3) is 0 Å². The van der Waals surface area contributed by atoms with E-state index >= 15 is 0 Å². The summed E-state index contributed by atoms with van der Waals surface area (Å²) in [6, 6.07) is 2.10. The lowest BCUT2D eigenvalue weighted by atomic mass is 9.75. The molecule has 4 heteroatoms. The number of aryl methyl sites for hydroxylation is 2. The summed E-state index contributed by atoms with van der Waals surface area (Å²) in [4.78, 5) is 4.29. The van der Waals surface area contributed by atoms with Gasteiger partial charge >= 0.3 is 0 Å². The van der Waals surface area contributed by atoms with Crippen molar-refractivity contribution in [1.29, 1.82) is 0 Å². The van der Waals surface area contributed by atoms with Crippen molar-refractivity contribution in [3.8, 4) is 0 Å². The van der Waals surface area contributed by atoms with Gasteiger partial charge in [-0.15, -0.1) is 0 Å². The van der Waals surface area contributed by atoms with Crippen molar-refractivity contribution in [3.63, 3.8) is 0 Å². The van der Waals surface area contributed by atoms with E-state index in [2.05, 4.69) is 36.4 Å². The lowest BCUT2D eigenvalue weighted by Gasteiger charge is -2.33. The number of hydrogen-bond donors (Lipinski definition) is 1. The Bertz CT molecular complexity index is 637. The van der Waals surface area contributed by atoms with Crippen molar-refractivity contribution < 1.29 is 9.52 Å². The second-order valence-electron chi connectivity index (χ2n) is 6.70. The van der Waals surface area contributed by atoms with Gasteiger partial charge in [0.15, 0.2) is 0 Å². The molecule has 1 unspecified atom stereocenters. The molecule has 3 rings (SSSR count). The van der Waals surface area contributed by atoms with Crippen molar-refractivity contribution in [3.05, 3.63) is 40.9 Å². The Morgan fingerprint density at radius 2 is 2.20 bits per heavy atom. The Morgan fingerprint density at radius 1 is 1.45 bits per heavy atom. The van der Waals surface area contributed by atoms with Crippen molar-refractivity contribution in [2.75, 3.05) is 0 Å². The maximum atomic E-state index is 10.4. The summed E-state index contributed by atoms with van der Waals surface area (Å²) < 4.78 is 7.81. The molecule has 1 atom stereocenters. The van der Waals surface area contributed by atoms with Gasteiger partial charge in [0.25, 0.3) is 0 Å². The zero-order valence-corrected chi connectivity index (χ0v) is 12.6. The van der Waals surface area contributed by atoms with Gasteiger partial charge in [0.1, 0.15) is 5.76 Å². The quantitative estimate of drug-likeness (QED) is 0.915. The number of aromatic nitrogens is 2. The van der Waals surface area contributed by atoms with Crippen molar-refractivity contribution in [1.82, 2.24) is 9.55 Å². The highest BCUT2D eigenvalue weighted by Crippen LogP contribution is 2.42. The molecule has 4 nitrogen and oxygen atoms in total. The first-order valence-corrected chi connectivity index (χ1v) is 7.14. The molecule has 0 amide bonds. The van der Waals surface area contributed by atoms with Crippen LogP contribution in [0.5, 0.6) is 0 Å². The highest BCUT2D eigenvalue weighted by Gasteiger charge is 2.34. The minimum atomic E-state index is -0.361. The van der Waals surface area contributed by atoms with Gasteiger partial charge < -0.3 is 14.1 Å². The maximum Gasteiger partial charge on any atom is 0.214 e. The van der Waals surface area contributed by atoms with Crippen LogP contribution in [0, 0.1) is 19.3 Å². The van der Waals surface area contributed by atoms with Gasteiger partial charge in [-0.3, -0.25) is 0 Å². The molecule has 2 heterocycles. The second-order valence-corrected chi connectivity index (χ2v) is 6.70. The van der Waals surface area contributed by atoms with Crippen LogP contribution in [-0.4, -0.2) is 14.7 Å². The fourth-order valence-electron chi connectivity index (χ4n) is 3.23. The van der Waals surface area contributed by atoms with Crippen LogP contribution in [0.4, 0.5) is 0 Å². The topological polar surface area (TPSA) is 51.2 Å². The third kappa shape index (κ3) is 2.29. The molecule has 0 spiro atoms. The number of rotatable bonds is 2. The third-order valence-electron chi connectivity index (χ3n) is 4.16. The molecule has 0 aromatic carbocycles. The van der Waals surface area contributed by atoms with Crippen LogP contribution in [0.1, 0.15) is 55.0 Å².